The second-order valence-corrected chi connectivity index (χ2v) is 3.81. The molecule has 2 N–H and O–H groups in total. The quantitative estimate of drug-likeness (QED) is 0.789. The van der Waals surface area contributed by atoms with Crippen molar-refractivity contribution in [2.24, 2.45) is 5.73 Å². The molecule has 0 radical (unpaired) electrons. The summed E-state index contributed by atoms with van der Waals surface area (Å²) in [6.07, 6.45) is 3.26. The molecule has 1 aliphatic rings. The van der Waals surface area contributed by atoms with Crippen molar-refractivity contribution in [1.82, 2.24) is 9.97 Å². The third-order valence-corrected chi connectivity index (χ3v) is 2.49. The summed E-state index contributed by atoms with van der Waals surface area (Å²) < 4.78 is 5.45. The van der Waals surface area contributed by atoms with Crippen molar-refractivity contribution >= 4 is 17.5 Å². The van der Waals surface area contributed by atoms with Crippen LogP contribution < -0.4 is 10.6 Å². The van der Waals surface area contributed by atoms with Gasteiger partial charge in [0.15, 0.2) is 0 Å². The largest absolute Gasteiger partial charge is 0.373 e. The van der Waals surface area contributed by atoms with Gasteiger partial charge >= 0.3 is 0 Å². The molecule has 0 amide bonds. The van der Waals surface area contributed by atoms with Crippen LogP contribution in [0.1, 0.15) is 0 Å². The van der Waals surface area contributed by atoms with Crippen molar-refractivity contribution < 1.29 is 4.74 Å². The van der Waals surface area contributed by atoms with E-state index < -0.39 is 0 Å². The smallest absolute Gasteiger partial charge is 0.225 e. The van der Waals surface area contributed by atoms with Gasteiger partial charge in [-0.25, -0.2) is 9.97 Å². The van der Waals surface area contributed by atoms with E-state index in [0.717, 1.165) is 13.1 Å². The highest BCUT2D eigenvalue weighted by atomic mass is 35.5. The Kier molecular flexibility index (Phi) is 3.35. The maximum absolute atomic E-state index is 5.72. The van der Waals surface area contributed by atoms with Crippen molar-refractivity contribution in [2.45, 2.75) is 6.10 Å². The van der Waals surface area contributed by atoms with E-state index in [1.165, 1.54) is 0 Å². The van der Waals surface area contributed by atoms with E-state index in [1.807, 2.05) is 0 Å². The lowest BCUT2D eigenvalue weighted by atomic mass is 10.3. The van der Waals surface area contributed by atoms with Crippen molar-refractivity contribution in [3.05, 3.63) is 17.4 Å². The third kappa shape index (κ3) is 2.56. The van der Waals surface area contributed by atoms with Gasteiger partial charge in [-0.3, -0.25) is 0 Å². The van der Waals surface area contributed by atoms with Crippen molar-refractivity contribution in [3.63, 3.8) is 0 Å². The van der Waals surface area contributed by atoms with Crippen LogP contribution >= 0.6 is 11.6 Å². The molecule has 82 valence electrons. The molecule has 6 heteroatoms. The number of aromatic nitrogens is 2. The average Bonchev–Trinajstić information content (AvgIpc) is 2.30. The molecule has 15 heavy (non-hydrogen) atoms. The van der Waals surface area contributed by atoms with Gasteiger partial charge in [0, 0.05) is 19.6 Å². The molecule has 1 aliphatic heterocycles. The molecule has 0 saturated carbocycles. The first kappa shape index (κ1) is 10.6. The van der Waals surface area contributed by atoms with Crippen molar-refractivity contribution in [3.8, 4) is 0 Å². The molecular weight excluding hydrogens is 216 g/mol. The molecule has 0 aliphatic carbocycles. The summed E-state index contributed by atoms with van der Waals surface area (Å²) in [6, 6.07) is 0. The molecule has 1 atom stereocenters. The summed E-state index contributed by atoms with van der Waals surface area (Å²) in [5, 5.41) is 0.544. The highest BCUT2D eigenvalue weighted by molar-refractivity contribution is 6.30. The number of rotatable bonds is 2. The number of nitrogens with zero attached hydrogens (tertiary/aromatic N) is 3. The molecule has 1 saturated heterocycles. The van der Waals surface area contributed by atoms with Crippen LogP contribution in [0.5, 0.6) is 0 Å². The van der Waals surface area contributed by atoms with E-state index in [-0.39, 0.29) is 6.10 Å². The van der Waals surface area contributed by atoms with Gasteiger partial charge in [0.05, 0.1) is 30.1 Å². The molecule has 5 nitrogen and oxygen atoms in total. The van der Waals surface area contributed by atoms with Gasteiger partial charge in [-0.15, -0.1) is 0 Å². The SMILES string of the molecule is NCC1CN(c2ncc(Cl)cn2)CCO1. The summed E-state index contributed by atoms with van der Waals surface area (Å²) in [4.78, 5) is 10.4. The minimum Gasteiger partial charge on any atom is -0.373 e. The summed E-state index contributed by atoms with van der Waals surface area (Å²) in [7, 11) is 0. The Hall–Kier alpha value is -0.910. The number of nitrogens with two attached hydrogens (primary N) is 1. The maximum atomic E-state index is 5.72. The fourth-order valence-electron chi connectivity index (χ4n) is 1.51. The van der Waals surface area contributed by atoms with Gasteiger partial charge in [-0.1, -0.05) is 11.6 Å². The first-order chi connectivity index (χ1) is 7.29. The van der Waals surface area contributed by atoms with Gasteiger partial charge in [-0.2, -0.15) is 0 Å². The molecule has 2 rings (SSSR count). The molecule has 0 aromatic carbocycles. The topological polar surface area (TPSA) is 64.3 Å². The predicted octanol–water partition coefficient (Wildman–Crippen LogP) is 0.294. The zero-order chi connectivity index (χ0) is 10.7. The van der Waals surface area contributed by atoms with Crippen LogP contribution in [0.3, 0.4) is 0 Å². The second kappa shape index (κ2) is 4.74. The minimum absolute atomic E-state index is 0.0676. The molecule has 2 heterocycles. The standard InChI is InChI=1S/C9H13ClN4O/c10-7-4-12-9(13-5-7)14-1-2-15-8(3-11)6-14/h4-5,8H,1-3,6,11H2. The van der Waals surface area contributed by atoms with E-state index in [1.54, 1.807) is 12.4 Å². The maximum Gasteiger partial charge on any atom is 0.225 e. The van der Waals surface area contributed by atoms with Crippen LogP contribution in [0.2, 0.25) is 5.02 Å². The lowest BCUT2D eigenvalue weighted by Gasteiger charge is -2.32. The van der Waals surface area contributed by atoms with Gasteiger partial charge in [0.25, 0.3) is 0 Å². The summed E-state index contributed by atoms with van der Waals surface area (Å²) in [5.41, 5.74) is 5.55. The minimum atomic E-state index is 0.0676. The van der Waals surface area contributed by atoms with Gasteiger partial charge in [-0.05, 0) is 0 Å². The zero-order valence-corrected chi connectivity index (χ0v) is 9.02. The Morgan fingerprint density at radius 2 is 2.27 bits per heavy atom. The molecule has 1 unspecified atom stereocenters. The lowest BCUT2D eigenvalue weighted by molar-refractivity contribution is 0.0460. The molecular formula is C9H13ClN4O. The van der Waals surface area contributed by atoms with Crippen LogP contribution in [-0.4, -0.2) is 42.3 Å². The number of anilines is 1. The van der Waals surface area contributed by atoms with Crippen LogP contribution in [-0.2, 0) is 4.74 Å². The van der Waals surface area contributed by atoms with Crippen molar-refractivity contribution in [1.29, 1.82) is 0 Å². The average molecular weight is 229 g/mol. The van der Waals surface area contributed by atoms with E-state index in [4.69, 9.17) is 22.1 Å². The van der Waals surface area contributed by atoms with Crippen LogP contribution in [0.4, 0.5) is 5.95 Å². The lowest BCUT2D eigenvalue weighted by Crippen LogP contribution is -2.46. The normalized spacial score (nSPS) is 21.7. The zero-order valence-electron chi connectivity index (χ0n) is 8.27. The fraction of sp³-hybridized carbons (Fsp3) is 0.556. The van der Waals surface area contributed by atoms with Gasteiger partial charge in [0.2, 0.25) is 5.95 Å². The number of ether oxygens (including phenoxy) is 1. The van der Waals surface area contributed by atoms with Crippen LogP contribution in [0.15, 0.2) is 12.4 Å². The Bertz CT molecular complexity index is 318. The summed E-state index contributed by atoms with van der Waals surface area (Å²) >= 11 is 5.72. The number of halogens is 1. The van der Waals surface area contributed by atoms with E-state index in [0.29, 0.717) is 24.1 Å². The number of morpholine rings is 1. The summed E-state index contributed by atoms with van der Waals surface area (Å²) in [6.45, 7) is 2.70. The molecule has 0 spiro atoms. The third-order valence-electron chi connectivity index (χ3n) is 2.29. The van der Waals surface area contributed by atoms with Gasteiger partial charge in [0.1, 0.15) is 0 Å². The first-order valence-electron chi connectivity index (χ1n) is 4.84. The molecule has 1 fully saturated rings. The molecule has 1 aromatic heterocycles. The first-order valence-corrected chi connectivity index (χ1v) is 5.21. The Morgan fingerprint density at radius 1 is 1.53 bits per heavy atom. The van der Waals surface area contributed by atoms with E-state index in [2.05, 4.69) is 14.9 Å². The Labute approximate surface area is 93.2 Å². The fourth-order valence-corrected chi connectivity index (χ4v) is 1.61. The monoisotopic (exact) mass is 228 g/mol. The second-order valence-electron chi connectivity index (χ2n) is 3.38. The van der Waals surface area contributed by atoms with E-state index in [9.17, 15) is 0 Å². The Balaban J connectivity index is 2.06. The highest BCUT2D eigenvalue weighted by Crippen LogP contribution is 2.13. The molecule has 1 aromatic rings. The van der Waals surface area contributed by atoms with E-state index >= 15 is 0 Å². The number of hydrogen-bond donors (Lipinski definition) is 1. The van der Waals surface area contributed by atoms with Crippen molar-refractivity contribution in [2.75, 3.05) is 31.1 Å². The molecule has 0 bridgehead atoms. The Morgan fingerprint density at radius 3 is 2.93 bits per heavy atom. The number of hydrogen-bond acceptors (Lipinski definition) is 5. The predicted molar refractivity (Wildman–Crippen MR) is 58.0 cm³/mol. The highest BCUT2D eigenvalue weighted by Gasteiger charge is 2.20. The van der Waals surface area contributed by atoms with Crippen LogP contribution in [0.25, 0.3) is 0 Å². The summed E-state index contributed by atoms with van der Waals surface area (Å²) in [5.74, 6) is 0.682. The van der Waals surface area contributed by atoms with Gasteiger partial charge < -0.3 is 15.4 Å². The van der Waals surface area contributed by atoms with Crippen LogP contribution in [0, 0.1) is 0 Å².